The first kappa shape index (κ1) is 14.4. The zero-order valence-corrected chi connectivity index (χ0v) is 13.2. The highest BCUT2D eigenvalue weighted by atomic mass is 15.2. The summed E-state index contributed by atoms with van der Waals surface area (Å²) in [5, 5.41) is 6.10. The Bertz CT molecular complexity index is 774. The highest BCUT2D eigenvalue weighted by molar-refractivity contribution is 5.86. The number of nitrogens with zero attached hydrogens (tertiary/aromatic N) is 2. The average molecular weight is 303 g/mol. The van der Waals surface area contributed by atoms with Gasteiger partial charge in [-0.05, 0) is 34.0 Å². The topological polar surface area (TPSA) is 28.2 Å². The van der Waals surface area contributed by atoms with Crippen molar-refractivity contribution in [3.05, 3.63) is 78.1 Å². The molecule has 116 valence electrons. The second-order valence-corrected chi connectivity index (χ2v) is 6.04. The van der Waals surface area contributed by atoms with Crippen molar-refractivity contribution in [1.29, 1.82) is 0 Å². The number of nitrogens with one attached hydrogen (secondary N) is 1. The van der Waals surface area contributed by atoms with Gasteiger partial charge in [0.25, 0.3) is 0 Å². The number of hydrogen-bond donors (Lipinski definition) is 1. The van der Waals surface area contributed by atoms with Gasteiger partial charge in [-0.2, -0.15) is 0 Å². The van der Waals surface area contributed by atoms with Crippen LogP contribution in [0.15, 0.2) is 67.0 Å². The Kier molecular flexibility index (Phi) is 4.05. The van der Waals surface area contributed by atoms with Crippen LogP contribution in [0.4, 0.5) is 0 Å². The molecule has 0 amide bonds. The maximum atomic E-state index is 4.20. The monoisotopic (exact) mass is 303 g/mol. The van der Waals surface area contributed by atoms with E-state index >= 15 is 0 Å². The smallest absolute Gasteiger partial charge is 0.0609 e. The number of rotatable bonds is 3. The van der Waals surface area contributed by atoms with Crippen molar-refractivity contribution >= 4 is 10.8 Å². The quantitative estimate of drug-likeness (QED) is 0.805. The van der Waals surface area contributed by atoms with Crippen molar-refractivity contribution in [2.75, 3.05) is 26.2 Å². The van der Waals surface area contributed by atoms with Gasteiger partial charge in [0.15, 0.2) is 0 Å². The van der Waals surface area contributed by atoms with Gasteiger partial charge in [0.1, 0.15) is 0 Å². The van der Waals surface area contributed by atoms with Crippen LogP contribution in [-0.4, -0.2) is 36.1 Å². The molecular weight excluding hydrogens is 282 g/mol. The molecule has 2 aromatic carbocycles. The summed E-state index contributed by atoms with van der Waals surface area (Å²) in [5.41, 5.74) is 2.70. The first-order valence-corrected chi connectivity index (χ1v) is 8.26. The maximum Gasteiger partial charge on any atom is 0.0609 e. The molecule has 1 aromatic heterocycles. The lowest BCUT2D eigenvalue weighted by Gasteiger charge is -2.36. The zero-order chi connectivity index (χ0) is 15.5. The number of pyridine rings is 1. The number of aromatic nitrogens is 1. The van der Waals surface area contributed by atoms with Crippen LogP contribution in [-0.2, 0) is 0 Å². The summed E-state index contributed by atoms with van der Waals surface area (Å²) in [6, 6.07) is 19.9. The van der Waals surface area contributed by atoms with Crippen LogP contribution in [0.1, 0.15) is 17.2 Å². The summed E-state index contributed by atoms with van der Waals surface area (Å²) < 4.78 is 0. The number of hydrogen-bond acceptors (Lipinski definition) is 3. The molecule has 0 bridgehead atoms. The molecule has 1 fully saturated rings. The molecule has 1 saturated heterocycles. The van der Waals surface area contributed by atoms with E-state index in [0.717, 1.165) is 26.2 Å². The van der Waals surface area contributed by atoms with E-state index in [4.69, 9.17) is 0 Å². The lowest BCUT2D eigenvalue weighted by Crippen LogP contribution is -2.45. The van der Waals surface area contributed by atoms with Gasteiger partial charge in [0.2, 0.25) is 0 Å². The van der Waals surface area contributed by atoms with Crippen LogP contribution in [0.3, 0.4) is 0 Å². The van der Waals surface area contributed by atoms with Gasteiger partial charge in [-0.3, -0.25) is 9.88 Å². The maximum absolute atomic E-state index is 4.20. The molecule has 23 heavy (non-hydrogen) atoms. The molecule has 1 atom stereocenters. The third-order valence-corrected chi connectivity index (χ3v) is 4.66. The van der Waals surface area contributed by atoms with Crippen LogP contribution in [0.2, 0.25) is 0 Å². The molecule has 0 saturated carbocycles. The molecule has 3 nitrogen and oxygen atoms in total. The predicted molar refractivity (Wildman–Crippen MR) is 94.5 cm³/mol. The van der Waals surface area contributed by atoms with Crippen molar-refractivity contribution in [1.82, 2.24) is 15.2 Å². The highest BCUT2D eigenvalue weighted by Crippen LogP contribution is 2.33. The lowest BCUT2D eigenvalue weighted by molar-refractivity contribution is 0.199. The Hall–Kier alpha value is -2.23. The SMILES string of the molecule is c1ccc2c(C(c3ccncc3)N3CCNCC3)cccc2c1. The first-order chi connectivity index (χ1) is 11.4. The van der Waals surface area contributed by atoms with Crippen molar-refractivity contribution < 1.29 is 0 Å². The Morgan fingerprint density at radius 3 is 2.43 bits per heavy atom. The third-order valence-electron chi connectivity index (χ3n) is 4.66. The van der Waals surface area contributed by atoms with E-state index in [1.807, 2.05) is 12.4 Å². The van der Waals surface area contributed by atoms with Crippen LogP contribution in [0, 0.1) is 0 Å². The summed E-state index contributed by atoms with van der Waals surface area (Å²) in [6.45, 7) is 4.23. The Labute approximate surface area is 137 Å². The Morgan fingerprint density at radius 1 is 0.870 bits per heavy atom. The fraction of sp³-hybridized carbons (Fsp3) is 0.250. The molecule has 1 aliphatic heterocycles. The summed E-state index contributed by atoms with van der Waals surface area (Å²) in [6.07, 6.45) is 3.80. The third kappa shape index (κ3) is 2.85. The molecule has 1 unspecified atom stereocenters. The van der Waals surface area contributed by atoms with E-state index in [1.54, 1.807) is 0 Å². The fourth-order valence-electron chi connectivity index (χ4n) is 3.56. The summed E-state index contributed by atoms with van der Waals surface area (Å²) >= 11 is 0. The van der Waals surface area contributed by atoms with Gasteiger partial charge in [-0.15, -0.1) is 0 Å². The van der Waals surface area contributed by atoms with E-state index < -0.39 is 0 Å². The minimum absolute atomic E-state index is 0.284. The van der Waals surface area contributed by atoms with E-state index in [2.05, 4.69) is 69.8 Å². The minimum atomic E-state index is 0.284. The molecule has 1 aliphatic rings. The molecule has 1 N–H and O–H groups in total. The van der Waals surface area contributed by atoms with Crippen molar-refractivity contribution in [2.45, 2.75) is 6.04 Å². The van der Waals surface area contributed by atoms with E-state index in [-0.39, 0.29) is 6.04 Å². The second-order valence-electron chi connectivity index (χ2n) is 6.04. The summed E-state index contributed by atoms with van der Waals surface area (Å²) in [5.74, 6) is 0. The highest BCUT2D eigenvalue weighted by Gasteiger charge is 2.25. The number of benzene rings is 2. The largest absolute Gasteiger partial charge is 0.314 e. The molecule has 2 heterocycles. The van der Waals surface area contributed by atoms with Gasteiger partial charge >= 0.3 is 0 Å². The molecule has 0 spiro atoms. The van der Waals surface area contributed by atoms with Gasteiger partial charge in [-0.25, -0.2) is 0 Å². The van der Waals surface area contributed by atoms with E-state index in [9.17, 15) is 0 Å². The van der Waals surface area contributed by atoms with Gasteiger partial charge in [-0.1, -0.05) is 42.5 Å². The predicted octanol–water partition coefficient (Wildman–Crippen LogP) is 3.23. The first-order valence-electron chi connectivity index (χ1n) is 8.26. The molecular formula is C20H21N3. The van der Waals surface area contributed by atoms with Crippen molar-refractivity contribution in [3.8, 4) is 0 Å². The molecule has 3 heteroatoms. The van der Waals surface area contributed by atoms with Gasteiger partial charge in [0.05, 0.1) is 6.04 Å². The Balaban J connectivity index is 1.86. The van der Waals surface area contributed by atoms with E-state index in [1.165, 1.54) is 21.9 Å². The molecule has 0 aliphatic carbocycles. The van der Waals surface area contributed by atoms with E-state index in [0.29, 0.717) is 0 Å². The summed E-state index contributed by atoms with van der Waals surface area (Å²) in [7, 11) is 0. The van der Waals surface area contributed by atoms with Gasteiger partial charge < -0.3 is 5.32 Å². The lowest BCUT2D eigenvalue weighted by atomic mass is 9.92. The standard InChI is InChI=1S/C20H21N3/c1-2-6-18-16(4-1)5-3-7-19(18)20(17-8-10-21-11-9-17)23-14-12-22-13-15-23/h1-11,20,22H,12-15H2. The normalized spacial score (nSPS) is 17.2. The average Bonchev–Trinajstić information content (AvgIpc) is 2.64. The molecule has 4 rings (SSSR count). The van der Waals surface area contributed by atoms with Gasteiger partial charge in [0, 0.05) is 38.6 Å². The fourth-order valence-corrected chi connectivity index (χ4v) is 3.56. The Morgan fingerprint density at radius 2 is 1.61 bits per heavy atom. The number of fused-ring (bicyclic) bond motifs is 1. The zero-order valence-electron chi connectivity index (χ0n) is 13.2. The van der Waals surface area contributed by atoms with Crippen LogP contribution < -0.4 is 5.32 Å². The minimum Gasteiger partial charge on any atom is -0.314 e. The molecule has 3 aromatic rings. The van der Waals surface area contributed by atoms with Crippen LogP contribution in [0.25, 0.3) is 10.8 Å². The van der Waals surface area contributed by atoms with Crippen LogP contribution in [0.5, 0.6) is 0 Å². The number of piperazine rings is 1. The van der Waals surface area contributed by atoms with Crippen LogP contribution >= 0.6 is 0 Å². The molecule has 0 radical (unpaired) electrons. The van der Waals surface area contributed by atoms with Crippen molar-refractivity contribution in [2.24, 2.45) is 0 Å². The van der Waals surface area contributed by atoms with Crippen molar-refractivity contribution in [3.63, 3.8) is 0 Å². The second kappa shape index (κ2) is 6.49. The summed E-state index contributed by atoms with van der Waals surface area (Å²) in [4.78, 5) is 6.78.